The summed E-state index contributed by atoms with van der Waals surface area (Å²) in [7, 11) is 1.81. The number of carbonyl (C=O) groups excluding carboxylic acids is 2. The molecule has 5 nitrogen and oxygen atoms in total. The summed E-state index contributed by atoms with van der Waals surface area (Å²) >= 11 is 3.38. The number of carbonyl (C=O) groups is 2. The Hall–Kier alpha value is -2.18. The zero-order valence-electron chi connectivity index (χ0n) is 12.8. The number of nitrogens with one attached hydrogen (secondary N) is 3. The third-order valence-corrected chi connectivity index (χ3v) is 3.82. The number of quaternary nitrogens is 1. The standard InChI is InChI=1S/C17H18BrN3O2/c1-21(11-16(22)19-13-7-3-2-4-8-13)12-17(23)20-15-10-6-5-9-14(15)18/h2-10H,11-12H2,1H3,(H,19,22)(H,20,23)/p+1. The normalized spacial score (nSPS) is 11.6. The quantitative estimate of drug-likeness (QED) is 0.715. The predicted molar refractivity (Wildman–Crippen MR) is 94.5 cm³/mol. The van der Waals surface area contributed by atoms with Crippen LogP contribution in [0.15, 0.2) is 59.1 Å². The Morgan fingerprint density at radius 2 is 1.48 bits per heavy atom. The molecule has 120 valence electrons. The monoisotopic (exact) mass is 376 g/mol. The van der Waals surface area contributed by atoms with Gasteiger partial charge in [0.25, 0.3) is 11.8 Å². The van der Waals surface area contributed by atoms with E-state index in [1.165, 1.54) is 0 Å². The van der Waals surface area contributed by atoms with Crippen molar-refractivity contribution >= 4 is 39.1 Å². The van der Waals surface area contributed by atoms with Crippen LogP contribution in [0.4, 0.5) is 11.4 Å². The van der Waals surface area contributed by atoms with Gasteiger partial charge in [-0.3, -0.25) is 9.59 Å². The second-order valence-electron chi connectivity index (χ2n) is 5.25. The predicted octanol–water partition coefficient (Wildman–Crippen LogP) is 1.54. The molecule has 0 heterocycles. The molecule has 0 saturated heterocycles. The van der Waals surface area contributed by atoms with Gasteiger partial charge in [-0.2, -0.15) is 0 Å². The molecular weight excluding hydrogens is 358 g/mol. The van der Waals surface area contributed by atoms with Gasteiger partial charge in [0.15, 0.2) is 13.1 Å². The number of amides is 2. The second-order valence-corrected chi connectivity index (χ2v) is 6.11. The number of benzene rings is 2. The molecular formula is C17H19BrN3O2+. The molecule has 0 bridgehead atoms. The van der Waals surface area contributed by atoms with Crippen molar-refractivity contribution in [3.63, 3.8) is 0 Å². The van der Waals surface area contributed by atoms with Gasteiger partial charge in [0.2, 0.25) is 0 Å². The van der Waals surface area contributed by atoms with Gasteiger partial charge in [0.05, 0.1) is 12.7 Å². The summed E-state index contributed by atoms with van der Waals surface area (Å²) < 4.78 is 0.827. The topological polar surface area (TPSA) is 62.6 Å². The summed E-state index contributed by atoms with van der Waals surface area (Å²) in [5.41, 5.74) is 1.47. The Morgan fingerprint density at radius 1 is 0.913 bits per heavy atom. The third kappa shape index (κ3) is 5.84. The molecule has 23 heavy (non-hydrogen) atoms. The van der Waals surface area contributed by atoms with Gasteiger partial charge in [-0.15, -0.1) is 0 Å². The Labute approximate surface area is 143 Å². The third-order valence-electron chi connectivity index (χ3n) is 3.13. The van der Waals surface area contributed by atoms with Crippen LogP contribution in [0.5, 0.6) is 0 Å². The molecule has 0 saturated carbocycles. The minimum Gasteiger partial charge on any atom is -0.322 e. The number of para-hydroxylation sites is 2. The molecule has 0 spiro atoms. The molecule has 3 N–H and O–H groups in total. The summed E-state index contributed by atoms with van der Waals surface area (Å²) in [6.45, 7) is 0.432. The van der Waals surface area contributed by atoms with Crippen molar-refractivity contribution < 1.29 is 14.5 Å². The zero-order valence-corrected chi connectivity index (χ0v) is 14.4. The van der Waals surface area contributed by atoms with Crippen LogP contribution < -0.4 is 15.5 Å². The highest BCUT2D eigenvalue weighted by Crippen LogP contribution is 2.20. The van der Waals surface area contributed by atoms with Crippen molar-refractivity contribution in [2.75, 3.05) is 30.8 Å². The van der Waals surface area contributed by atoms with Gasteiger partial charge in [0.1, 0.15) is 0 Å². The van der Waals surface area contributed by atoms with Crippen LogP contribution in [0, 0.1) is 0 Å². The van der Waals surface area contributed by atoms with Gasteiger partial charge in [-0.05, 0) is 40.2 Å². The Balaban J connectivity index is 1.80. The van der Waals surface area contributed by atoms with Crippen LogP contribution in [0.25, 0.3) is 0 Å². The number of likely N-dealkylation sites (N-methyl/N-ethyl adjacent to an activating group) is 1. The maximum Gasteiger partial charge on any atom is 0.279 e. The molecule has 2 amide bonds. The van der Waals surface area contributed by atoms with Crippen molar-refractivity contribution in [1.29, 1.82) is 0 Å². The average Bonchev–Trinajstić information content (AvgIpc) is 2.50. The molecule has 0 aromatic heterocycles. The van der Waals surface area contributed by atoms with Crippen molar-refractivity contribution in [3.8, 4) is 0 Å². The second kappa shape index (κ2) is 8.45. The highest BCUT2D eigenvalue weighted by atomic mass is 79.9. The van der Waals surface area contributed by atoms with Gasteiger partial charge in [-0.1, -0.05) is 30.3 Å². The molecule has 2 rings (SSSR count). The van der Waals surface area contributed by atoms with Crippen molar-refractivity contribution in [1.82, 2.24) is 0 Å². The molecule has 1 unspecified atom stereocenters. The van der Waals surface area contributed by atoms with E-state index in [-0.39, 0.29) is 24.9 Å². The highest BCUT2D eigenvalue weighted by molar-refractivity contribution is 9.10. The number of halogens is 1. The van der Waals surface area contributed by atoms with Crippen LogP contribution in [0.3, 0.4) is 0 Å². The molecule has 0 fully saturated rings. The molecule has 2 aromatic rings. The van der Waals surface area contributed by atoms with E-state index in [4.69, 9.17) is 0 Å². The van der Waals surface area contributed by atoms with Gasteiger partial charge >= 0.3 is 0 Å². The number of rotatable bonds is 6. The summed E-state index contributed by atoms with van der Waals surface area (Å²) in [4.78, 5) is 24.8. The maximum atomic E-state index is 12.0. The summed E-state index contributed by atoms with van der Waals surface area (Å²) in [5.74, 6) is -0.260. The van der Waals surface area contributed by atoms with Crippen molar-refractivity contribution in [2.45, 2.75) is 0 Å². The lowest BCUT2D eigenvalue weighted by atomic mass is 10.3. The van der Waals surface area contributed by atoms with Crippen LogP contribution in [0.2, 0.25) is 0 Å². The molecule has 0 radical (unpaired) electrons. The Morgan fingerprint density at radius 3 is 2.13 bits per heavy atom. The van der Waals surface area contributed by atoms with Gasteiger partial charge in [0, 0.05) is 10.2 Å². The zero-order chi connectivity index (χ0) is 16.7. The van der Waals surface area contributed by atoms with E-state index in [0.29, 0.717) is 0 Å². The molecule has 2 aromatic carbocycles. The smallest absolute Gasteiger partial charge is 0.279 e. The largest absolute Gasteiger partial charge is 0.322 e. The van der Waals surface area contributed by atoms with Crippen LogP contribution in [0.1, 0.15) is 0 Å². The first kappa shape index (κ1) is 17.2. The lowest BCUT2D eigenvalue weighted by Gasteiger charge is -2.14. The van der Waals surface area contributed by atoms with Crippen LogP contribution in [-0.2, 0) is 9.59 Å². The molecule has 6 heteroatoms. The SMILES string of the molecule is C[NH+](CC(=O)Nc1ccccc1)CC(=O)Nc1ccccc1Br. The van der Waals surface area contributed by atoms with Crippen LogP contribution in [-0.4, -0.2) is 32.0 Å². The Bertz CT molecular complexity index is 677. The molecule has 0 aliphatic carbocycles. The minimum atomic E-state index is -0.137. The van der Waals surface area contributed by atoms with Gasteiger partial charge < -0.3 is 15.5 Å². The lowest BCUT2D eigenvalue weighted by Crippen LogP contribution is -3.11. The Kier molecular flexibility index (Phi) is 6.31. The molecule has 0 aliphatic heterocycles. The van der Waals surface area contributed by atoms with E-state index < -0.39 is 0 Å². The van der Waals surface area contributed by atoms with E-state index >= 15 is 0 Å². The van der Waals surface area contributed by atoms with E-state index in [1.54, 1.807) is 0 Å². The van der Waals surface area contributed by atoms with E-state index in [2.05, 4.69) is 26.6 Å². The minimum absolute atomic E-state index is 0.123. The average molecular weight is 377 g/mol. The number of anilines is 2. The fraction of sp³-hybridized carbons (Fsp3) is 0.176. The molecule has 1 atom stereocenters. The van der Waals surface area contributed by atoms with E-state index in [1.807, 2.05) is 61.6 Å². The van der Waals surface area contributed by atoms with Gasteiger partial charge in [-0.25, -0.2) is 0 Å². The number of hydrogen-bond donors (Lipinski definition) is 3. The summed E-state index contributed by atoms with van der Waals surface area (Å²) in [6, 6.07) is 16.7. The van der Waals surface area contributed by atoms with Crippen LogP contribution >= 0.6 is 15.9 Å². The lowest BCUT2D eigenvalue weighted by molar-refractivity contribution is -0.862. The van der Waals surface area contributed by atoms with E-state index in [9.17, 15) is 9.59 Å². The highest BCUT2D eigenvalue weighted by Gasteiger charge is 2.15. The fourth-order valence-electron chi connectivity index (χ4n) is 2.09. The van der Waals surface area contributed by atoms with Crippen molar-refractivity contribution in [3.05, 3.63) is 59.1 Å². The fourth-order valence-corrected chi connectivity index (χ4v) is 2.48. The maximum absolute atomic E-state index is 12.0. The van der Waals surface area contributed by atoms with E-state index in [0.717, 1.165) is 20.7 Å². The molecule has 0 aliphatic rings. The summed E-state index contributed by atoms with van der Waals surface area (Å²) in [5, 5.41) is 5.63. The first-order chi connectivity index (χ1) is 11.0. The first-order valence-electron chi connectivity index (χ1n) is 7.25. The first-order valence-corrected chi connectivity index (χ1v) is 8.04. The van der Waals surface area contributed by atoms with Crippen molar-refractivity contribution in [2.24, 2.45) is 0 Å². The number of hydrogen-bond acceptors (Lipinski definition) is 2. The summed E-state index contributed by atoms with van der Waals surface area (Å²) in [6.07, 6.45) is 0.